The summed E-state index contributed by atoms with van der Waals surface area (Å²) in [5.41, 5.74) is 2.29. The van der Waals surface area contributed by atoms with Crippen LogP contribution in [0.3, 0.4) is 0 Å². The first-order chi connectivity index (χ1) is 13.4. The maximum absolute atomic E-state index is 12.4. The van der Waals surface area contributed by atoms with Crippen LogP contribution in [0.5, 0.6) is 0 Å². The Morgan fingerprint density at radius 1 is 1.18 bits per heavy atom. The standard InChI is InChI=1S/C19H23ClN4O3S/c1-13-3-4-15(20)10-16(13)23-5-7-24(8-6-23)19(26)12-28-11-18(25)21-17-9-14(2)27-22-17/h3-4,9-10H,5-8,11-12H2,1-2H3,(H,21,22,25). The second-order valence-corrected chi connectivity index (χ2v) is 8.08. The zero-order chi connectivity index (χ0) is 20.1. The summed E-state index contributed by atoms with van der Waals surface area (Å²) >= 11 is 7.41. The zero-order valence-corrected chi connectivity index (χ0v) is 17.5. The van der Waals surface area contributed by atoms with Gasteiger partial charge in [0.25, 0.3) is 0 Å². The van der Waals surface area contributed by atoms with Crippen molar-refractivity contribution in [2.45, 2.75) is 13.8 Å². The van der Waals surface area contributed by atoms with Gasteiger partial charge in [-0.1, -0.05) is 22.8 Å². The van der Waals surface area contributed by atoms with Crippen LogP contribution >= 0.6 is 23.4 Å². The number of nitrogens with zero attached hydrogens (tertiary/aromatic N) is 3. The quantitative estimate of drug-likeness (QED) is 0.771. The highest BCUT2D eigenvalue weighted by Gasteiger charge is 2.22. The maximum atomic E-state index is 12.4. The van der Waals surface area contributed by atoms with Gasteiger partial charge in [-0.3, -0.25) is 9.59 Å². The van der Waals surface area contributed by atoms with Gasteiger partial charge in [-0.2, -0.15) is 0 Å². The molecule has 1 aromatic heterocycles. The molecule has 150 valence electrons. The number of benzene rings is 1. The molecule has 0 atom stereocenters. The van der Waals surface area contributed by atoms with Crippen LogP contribution in [0.1, 0.15) is 11.3 Å². The lowest BCUT2D eigenvalue weighted by Gasteiger charge is -2.36. The van der Waals surface area contributed by atoms with E-state index >= 15 is 0 Å². The third kappa shape index (κ3) is 5.42. The number of piperazine rings is 1. The van der Waals surface area contributed by atoms with E-state index in [-0.39, 0.29) is 23.3 Å². The number of aromatic nitrogens is 1. The highest BCUT2D eigenvalue weighted by Crippen LogP contribution is 2.25. The summed E-state index contributed by atoms with van der Waals surface area (Å²) in [5, 5.41) is 7.07. The van der Waals surface area contributed by atoms with E-state index in [4.69, 9.17) is 16.1 Å². The van der Waals surface area contributed by atoms with E-state index in [9.17, 15) is 9.59 Å². The number of aryl methyl sites for hydroxylation is 2. The summed E-state index contributed by atoms with van der Waals surface area (Å²) in [4.78, 5) is 28.4. The van der Waals surface area contributed by atoms with Gasteiger partial charge in [-0.25, -0.2) is 0 Å². The molecule has 0 aliphatic carbocycles. The second kappa shape index (κ2) is 9.34. The van der Waals surface area contributed by atoms with Gasteiger partial charge in [0.15, 0.2) is 5.82 Å². The molecule has 9 heteroatoms. The summed E-state index contributed by atoms with van der Waals surface area (Å²) < 4.78 is 4.90. The number of carbonyl (C=O) groups excluding carboxylic acids is 2. The first-order valence-corrected chi connectivity index (χ1v) is 10.6. The van der Waals surface area contributed by atoms with Gasteiger partial charge in [0.05, 0.1) is 11.5 Å². The van der Waals surface area contributed by atoms with Crippen LogP contribution in [0.25, 0.3) is 0 Å². The first-order valence-electron chi connectivity index (χ1n) is 9.02. The summed E-state index contributed by atoms with van der Waals surface area (Å²) in [6, 6.07) is 7.52. The largest absolute Gasteiger partial charge is 0.368 e. The highest BCUT2D eigenvalue weighted by molar-refractivity contribution is 8.00. The SMILES string of the molecule is Cc1cc(NC(=O)CSCC(=O)N2CCN(c3cc(Cl)ccc3C)CC2)no1. The minimum Gasteiger partial charge on any atom is -0.368 e. The van der Waals surface area contributed by atoms with Crippen molar-refractivity contribution in [2.75, 3.05) is 47.9 Å². The lowest BCUT2D eigenvalue weighted by atomic mass is 10.1. The van der Waals surface area contributed by atoms with Crippen LogP contribution in [0, 0.1) is 13.8 Å². The van der Waals surface area contributed by atoms with E-state index < -0.39 is 0 Å². The van der Waals surface area contributed by atoms with Crippen LogP contribution in [0.2, 0.25) is 5.02 Å². The van der Waals surface area contributed by atoms with E-state index in [2.05, 4.69) is 22.3 Å². The molecular formula is C19H23ClN4O3S. The summed E-state index contributed by atoms with van der Waals surface area (Å²) in [5.74, 6) is 1.35. The Hall–Kier alpha value is -2.19. The summed E-state index contributed by atoms with van der Waals surface area (Å²) in [6.45, 7) is 6.67. The zero-order valence-electron chi connectivity index (χ0n) is 15.9. The fraction of sp³-hybridized carbons (Fsp3) is 0.421. The van der Waals surface area contributed by atoms with Crippen LogP contribution in [0.15, 0.2) is 28.8 Å². The number of anilines is 2. The van der Waals surface area contributed by atoms with Crippen molar-refractivity contribution in [3.05, 3.63) is 40.6 Å². The molecule has 28 heavy (non-hydrogen) atoms. The van der Waals surface area contributed by atoms with E-state index in [0.717, 1.165) is 23.8 Å². The molecule has 1 saturated heterocycles. The number of thioether (sulfide) groups is 1. The fourth-order valence-corrected chi connectivity index (χ4v) is 3.93. The Morgan fingerprint density at radius 3 is 2.61 bits per heavy atom. The van der Waals surface area contributed by atoms with E-state index in [0.29, 0.717) is 24.7 Å². The molecule has 0 radical (unpaired) electrons. The number of carbonyl (C=O) groups is 2. The lowest BCUT2D eigenvalue weighted by Crippen LogP contribution is -2.49. The molecule has 0 spiro atoms. The normalized spacial score (nSPS) is 14.2. The maximum Gasteiger partial charge on any atom is 0.235 e. The molecule has 0 bridgehead atoms. The smallest absolute Gasteiger partial charge is 0.235 e. The number of amides is 2. The van der Waals surface area contributed by atoms with Crippen molar-refractivity contribution >= 4 is 46.7 Å². The summed E-state index contributed by atoms with van der Waals surface area (Å²) in [7, 11) is 0. The van der Waals surface area contributed by atoms with Crippen LogP contribution < -0.4 is 10.2 Å². The molecule has 2 amide bonds. The van der Waals surface area contributed by atoms with Gasteiger partial charge in [-0.05, 0) is 31.5 Å². The third-order valence-electron chi connectivity index (χ3n) is 4.50. The Bertz CT molecular complexity index is 849. The van der Waals surface area contributed by atoms with Gasteiger partial charge < -0.3 is 19.6 Å². The number of halogens is 1. The van der Waals surface area contributed by atoms with Gasteiger partial charge in [0.1, 0.15) is 5.76 Å². The average Bonchev–Trinajstić information content (AvgIpc) is 3.08. The molecule has 3 rings (SSSR count). The Balaban J connectivity index is 1.40. The van der Waals surface area contributed by atoms with Crippen molar-refractivity contribution in [3.8, 4) is 0 Å². The molecule has 1 aliphatic rings. The van der Waals surface area contributed by atoms with Crippen molar-refractivity contribution in [2.24, 2.45) is 0 Å². The summed E-state index contributed by atoms with van der Waals surface area (Å²) in [6.07, 6.45) is 0. The predicted molar refractivity (Wildman–Crippen MR) is 112 cm³/mol. The molecule has 7 nitrogen and oxygen atoms in total. The second-order valence-electron chi connectivity index (χ2n) is 6.66. The van der Waals surface area contributed by atoms with E-state index in [1.807, 2.05) is 23.1 Å². The molecular weight excluding hydrogens is 400 g/mol. The topological polar surface area (TPSA) is 78.7 Å². The van der Waals surface area contributed by atoms with Gasteiger partial charge >= 0.3 is 0 Å². The average molecular weight is 423 g/mol. The highest BCUT2D eigenvalue weighted by atomic mass is 35.5. The first kappa shape index (κ1) is 20.5. The van der Waals surface area contributed by atoms with Crippen LogP contribution in [-0.2, 0) is 9.59 Å². The van der Waals surface area contributed by atoms with Gasteiger partial charge in [-0.15, -0.1) is 11.8 Å². The Kier molecular flexibility index (Phi) is 6.85. The lowest BCUT2D eigenvalue weighted by molar-refractivity contribution is -0.128. The molecule has 0 saturated carbocycles. The van der Waals surface area contributed by atoms with Crippen molar-refractivity contribution in [3.63, 3.8) is 0 Å². The van der Waals surface area contributed by atoms with E-state index in [1.165, 1.54) is 17.3 Å². The van der Waals surface area contributed by atoms with Crippen molar-refractivity contribution in [1.82, 2.24) is 10.1 Å². The Labute approximate surface area is 173 Å². The predicted octanol–water partition coefficient (Wildman–Crippen LogP) is 2.97. The number of nitrogens with one attached hydrogen (secondary N) is 1. The number of hydrogen-bond acceptors (Lipinski definition) is 6. The molecule has 1 aromatic carbocycles. The molecule has 2 aromatic rings. The molecule has 1 aliphatic heterocycles. The van der Waals surface area contributed by atoms with Crippen LogP contribution in [0.4, 0.5) is 11.5 Å². The fourth-order valence-electron chi connectivity index (χ4n) is 3.05. The van der Waals surface area contributed by atoms with E-state index in [1.54, 1.807) is 13.0 Å². The molecule has 1 fully saturated rings. The third-order valence-corrected chi connectivity index (χ3v) is 5.65. The van der Waals surface area contributed by atoms with Crippen LogP contribution in [-0.4, -0.2) is 59.6 Å². The number of hydrogen-bond donors (Lipinski definition) is 1. The van der Waals surface area contributed by atoms with Crippen molar-refractivity contribution in [1.29, 1.82) is 0 Å². The Morgan fingerprint density at radius 2 is 1.93 bits per heavy atom. The monoisotopic (exact) mass is 422 g/mol. The van der Waals surface area contributed by atoms with Gasteiger partial charge in [0, 0.05) is 43.0 Å². The number of rotatable bonds is 6. The molecule has 0 unspecified atom stereocenters. The van der Waals surface area contributed by atoms with Crippen molar-refractivity contribution < 1.29 is 14.1 Å². The van der Waals surface area contributed by atoms with Gasteiger partial charge in [0.2, 0.25) is 11.8 Å². The molecule has 2 heterocycles. The minimum atomic E-state index is -0.202. The molecule has 1 N–H and O–H groups in total. The minimum absolute atomic E-state index is 0.0533.